The van der Waals surface area contributed by atoms with E-state index in [9.17, 15) is 10.2 Å². The third kappa shape index (κ3) is 2.54. The first kappa shape index (κ1) is 14.4. The highest BCUT2D eigenvalue weighted by molar-refractivity contribution is 5.51. The van der Waals surface area contributed by atoms with Crippen LogP contribution in [0.1, 0.15) is 48.3 Å². The molecule has 2 aromatic rings. The minimum absolute atomic E-state index is 0.513. The van der Waals surface area contributed by atoms with Crippen LogP contribution in [0.15, 0.2) is 24.4 Å². The Labute approximate surface area is 134 Å². The van der Waals surface area contributed by atoms with Crippen LogP contribution in [0.5, 0.6) is 0 Å². The predicted molar refractivity (Wildman–Crippen MR) is 86.4 cm³/mol. The maximum atomic E-state index is 10.2. The van der Waals surface area contributed by atoms with E-state index in [2.05, 4.69) is 9.97 Å². The van der Waals surface area contributed by atoms with Gasteiger partial charge in [0.15, 0.2) is 0 Å². The van der Waals surface area contributed by atoms with Gasteiger partial charge >= 0.3 is 0 Å². The van der Waals surface area contributed by atoms with E-state index >= 15 is 0 Å². The van der Waals surface area contributed by atoms with Crippen LogP contribution in [-0.4, -0.2) is 20.2 Å². The van der Waals surface area contributed by atoms with Gasteiger partial charge in [0, 0.05) is 18.3 Å². The summed E-state index contributed by atoms with van der Waals surface area (Å²) in [6.45, 7) is 0. The van der Waals surface area contributed by atoms with Gasteiger partial charge in [0.2, 0.25) is 0 Å². The van der Waals surface area contributed by atoms with Gasteiger partial charge in [-0.15, -0.1) is 0 Å². The Bertz CT molecular complexity index is 782. The van der Waals surface area contributed by atoms with Crippen LogP contribution in [0.2, 0.25) is 0 Å². The summed E-state index contributed by atoms with van der Waals surface area (Å²) in [5.74, 6) is 0. The zero-order valence-corrected chi connectivity index (χ0v) is 12.8. The van der Waals surface area contributed by atoms with Crippen LogP contribution in [-0.2, 0) is 17.6 Å². The lowest BCUT2D eigenvalue weighted by Gasteiger charge is -2.14. The van der Waals surface area contributed by atoms with Crippen molar-refractivity contribution in [1.29, 1.82) is 0 Å². The van der Waals surface area contributed by atoms with Crippen LogP contribution in [0.4, 0.5) is 11.4 Å². The maximum Gasteiger partial charge on any atom is 0.109 e. The third-order valence-corrected chi connectivity index (χ3v) is 4.67. The van der Waals surface area contributed by atoms with Gasteiger partial charge in [-0.3, -0.25) is 9.97 Å². The van der Waals surface area contributed by atoms with Crippen molar-refractivity contribution >= 4 is 11.4 Å². The third-order valence-electron chi connectivity index (χ3n) is 4.67. The SMILES string of the molecule is Nc1cc(Cc2ccc(N)c(C3(O)CC3)n2)cnc1C1(O)CC1. The van der Waals surface area contributed by atoms with Gasteiger partial charge in [-0.25, -0.2) is 0 Å². The largest absolute Gasteiger partial charge is 0.397 e. The lowest BCUT2D eigenvalue weighted by Crippen LogP contribution is -2.13. The second kappa shape index (κ2) is 4.66. The van der Waals surface area contributed by atoms with E-state index in [0.29, 0.717) is 54.9 Å². The summed E-state index contributed by atoms with van der Waals surface area (Å²) in [4.78, 5) is 8.85. The lowest BCUT2D eigenvalue weighted by molar-refractivity contribution is 0.146. The Balaban J connectivity index is 1.60. The Hall–Kier alpha value is -2.18. The van der Waals surface area contributed by atoms with E-state index < -0.39 is 11.2 Å². The highest BCUT2D eigenvalue weighted by Crippen LogP contribution is 2.47. The molecule has 0 radical (unpaired) electrons. The first-order chi connectivity index (χ1) is 10.9. The number of rotatable bonds is 4. The van der Waals surface area contributed by atoms with Crippen molar-refractivity contribution in [3.05, 3.63) is 47.0 Å². The van der Waals surface area contributed by atoms with Gasteiger partial charge in [-0.1, -0.05) is 0 Å². The Morgan fingerprint density at radius 3 is 2.22 bits per heavy atom. The zero-order valence-electron chi connectivity index (χ0n) is 12.8. The molecule has 2 aliphatic rings. The molecule has 2 saturated carbocycles. The molecule has 6 heteroatoms. The topological polar surface area (TPSA) is 118 Å². The van der Waals surface area contributed by atoms with Crippen molar-refractivity contribution in [3.63, 3.8) is 0 Å². The summed E-state index contributed by atoms with van der Waals surface area (Å²) < 4.78 is 0. The number of aromatic nitrogens is 2. The van der Waals surface area contributed by atoms with Crippen molar-refractivity contribution in [1.82, 2.24) is 9.97 Å². The number of hydrogen-bond donors (Lipinski definition) is 4. The number of pyridine rings is 2. The monoisotopic (exact) mass is 312 g/mol. The first-order valence-corrected chi connectivity index (χ1v) is 7.85. The number of anilines is 2. The van der Waals surface area contributed by atoms with Crippen molar-refractivity contribution in [2.24, 2.45) is 0 Å². The van der Waals surface area contributed by atoms with Crippen LogP contribution in [0.25, 0.3) is 0 Å². The summed E-state index contributed by atoms with van der Waals surface area (Å²) >= 11 is 0. The highest BCUT2D eigenvalue weighted by atomic mass is 16.3. The molecule has 0 unspecified atom stereocenters. The molecule has 0 saturated heterocycles. The summed E-state index contributed by atoms with van der Waals surface area (Å²) in [6, 6.07) is 5.47. The van der Waals surface area contributed by atoms with Crippen molar-refractivity contribution in [2.75, 3.05) is 11.5 Å². The molecule has 2 fully saturated rings. The summed E-state index contributed by atoms with van der Waals surface area (Å²) in [5, 5.41) is 20.4. The summed E-state index contributed by atoms with van der Waals surface area (Å²) in [6.07, 6.45) is 5.12. The molecule has 6 N–H and O–H groups in total. The molecule has 2 aliphatic carbocycles. The number of nitrogens with two attached hydrogens (primary N) is 2. The standard InChI is InChI=1S/C17H20N4O2/c18-12-2-1-11(21-15(12)17(23)5-6-17)7-10-8-13(19)14(20-9-10)16(22)3-4-16/h1-2,8-9,22-23H,3-7,18-19H2. The minimum atomic E-state index is -0.851. The van der Waals surface area contributed by atoms with Gasteiger partial charge in [0.05, 0.1) is 22.8 Å². The molecule has 0 atom stereocenters. The first-order valence-electron chi connectivity index (χ1n) is 7.85. The van der Waals surface area contributed by atoms with Crippen molar-refractivity contribution in [3.8, 4) is 0 Å². The van der Waals surface area contributed by atoms with Crippen LogP contribution >= 0.6 is 0 Å². The molecule has 0 spiro atoms. The van der Waals surface area contributed by atoms with Crippen LogP contribution in [0.3, 0.4) is 0 Å². The molecule has 23 heavy (non-hydrogen) atoms. The van der Waals surface area contributed by atoms with Gasteiger partial charge in [0.25, 0.3) is 0 Å². The average Bonchev–Trinajstić information content (AvgIpc) is 3.42. The molecule has 0 aliphatic heterocycles. The van der Waals surface area contributed by atoms with E-state index in [4.69, 9.17) is 11.5 Å². The molecule has 0 bridgehead atoms. The number of nitrogens with zero attached hydrogens (tertiary/aromatic N) is 2. The zero-order chi connectivity index (χ0) is 16.2. The maximum absolute atomic E-state index is 10.2. The molecule has 2 aromatic heterocycles. The van der Waals surface area contributed by atoms with Gasteiger partial charge in [0.1, 0.15) is 11.2 Å². The fourth-order valence-corrected chi connectivity index (χ4v) is 2.91. The molecule has 6 nitrogen and oxygen atoms in total. The molecule has 0 amide bonds. The number of aliphatic hydroxyl groups is 2. The Morgan fingerprint density at radius 1 is 0.957 bits per heavy atom. The van der Waals surface area contributed by atoms with E-state index in [1.165, 1.54) is 0 Å². The van der Waals surface area contributed by atoms with E-state index in [-0.39, 0.29) is 0 Å². The second-order valence-electron chi connectivity index (χ2n) is 6.76. The quantitative estimate of drug-likeness (QED) is 0.673. The molecule has 120 valence electrons. The van der Waals surface area contributed by atoms with Crippen molar-refractivity contribution in [2.45, 2.75) is 43.3 Å². The van der Waals surface area contributed by atoms with E-state index in [0.717, 1.165) is 11.3 Å². The minimum Gasteiger partial charge on any atom is -0.397 e. The van der Waals surface area contributed by atoms with Crippen LogP contribution in [0, 0.1) is 0 Å². The molecule has 0 aromatic carbocycles. The van der Waals surface area contributed by atoms with Gasteiger partial charge in [-0.05, 0) is 49.4 Å². The fourth-order valence-electron chi connectivity index (χ4n) is 2.91. The molecule has 2 heterocycles. The van der Waals surface area contributed by atoms with Gasteiger partial charge in [-0.2, -0.15) is 0 Å². The number of hydrogen-bond acceptors (Lipinski definition) is 6. The molecular formula is C17H20N4O2. The average molecular weight is 312 g/mol. The Morgan fingerprint density at radius 2 is 1.61 bits per heavy atom. The summed E-state index contributed by atoms with van der Waals surface area (Å²) in [5.41, 5.74) is 14.2. The van der Waals surface area contributed by atoms with E-state index in [1.54, 1.807) is 12.3 Å². The normalized spacial score (nSPS) is 20.3. The predicted octanol–water partition coefficient (Wildman–Crippen LogP) is 1.19. The lowest BCUT2D eigenvalue weighted by atomic mass is 10.1. The fraction of sp³-hybridized carbons (Fsp3) is 0.412. The Kier molecular flexibility index (Phi) is 2.92. The van der Waals surface area contributed by atoms with Crippen molar-refractivity contribution < 1.29 is 10.2 Å². The van der Waals surface area contributed by atoms with E-state index in [1.807, 2.05) is 12.1 Å². The number of nitrogen functional groups attached to an aromatic ring is 2. The molecular weight excluding hydrogens is 292 g/mol. The smallest absolute Gasteiger partial charge is 0.109 e. The van der Waals surface area contributed by atoms with Crippen LogP contribution < -0.4 is 11.5 Å². The van der Waals surface area contributed by atoms with Gasteiger partial charge < -0.3 is 21.7 Å². The highest BCUT2D eigenvalue weighted by Gasteiger charge is 2.45. The second-order valence-corrected chi connectivity index (χ2v) is 6.76. The molecule has 4 rings (SSSR count). The summed E-state index contributed by atoms with van der Waals surface area (Å²) in [7, 11) is 0.